The van der Waals surface area contributed by atoms with E-state index in [1.165, 1.54) is 6.07 Å². The quantitative estimate of drug-likeness (QED) is 0.618. The van der Waals surface area contributed by atoms with Crippen LogP contribution in [0.3, 0.4) is 0 Å². The molecule has 0 bridgehead atoms. The Kier molecular flexibility index (Phi) is 3.55. The molecule has 17 heavy (non-hydrogen) atoms. The van der Waals surface area contributed by atoms with Gasteiger partial charge in [0.2, 0.25) is 0 Å². The second kappa shape index (κ2) is 5.11. The zero-order valence-corrected chi connectivity index (χ0v) is 9.37. The number of aliphatic hydroxyl groups excluding tert-OH is 1. The minimum Gasteiger partial charge on any atom is -0.377 e. The van der Waals surface area contributed by atoms with Crippen molar-refractivity contribution in [3.8, 4) is 0 Å². The molecule has 1 aliphatic rings. The number of hydrogen-bond acceptors (Lipinski definition) is 5. The molecule has 92 valence electrons. The summed E-state index contributed by atoms with van der Waals surface area (Å²) < 4.78 is 0. The maximum atomic E-state index is 10.8. The van der Waals surface area contributed by atoms with Crippen molar-refractivity contribution in [2.75, 3.05) is 12.0 Å². The van der Waals surface area contributed by atoms with Gasteiger partial charge in [-0.25, -0.2) is 0 Å². The van der Waals surface area contributed by atoms with Crippen LogP contribution in [0.1, 0.15) is 19.3 Å². The molecule has 0 amide bonds. The Morgan fingerprint density at radius 3 is 2.88 bits per heavy atom. The Morgan fingerprint density at radius 1 is 1.41 bits per heavy atom. The van der Waals surface area contributed by atoms with Gasteiger partial charge < -0.3 is 10.5 Å². The van der Waals surface area contributed by atoms with Crippen LogP contribution >= 0.6 is 0 Å². The average Bonchev–Trinajstić information content (AvgIpc) is 2.32. The number of nitro groups is 1. The fraction of sp³-hybridized carbons (Fsp3) is 0.455. The van der Waals surface area contributed by atoms with E-state index in [1.807, 2.05) is 0 Å². The van der Waals surface area contributed by atoms with Gasteiger partial charge >= 0.3 is 0 Å². The highest BCUT2D eigenvalue weighted by Crippen LogP contribution is 2.25. The van der Waals surface area contributed by atoms with Gasteiger partial charge in [0.15, 0.2) is 0 Å². The number of nitro benzene ring substituents is 1. The number of nitrogens with one attached hydrogen (secondary N) is 1. The predicted octanol–water partition coefficient (Wildman–Crippen LogP) is 1.73. The van der Waals surface area contributed by atoms with E-state index in [9.17, 15) is 15.2 Å². The molecule has 1 atom stereocenters. The van der Waals surface area contributed by atoms with E-state index >= 15 is 0 Å². The van der Waals surface area contributed by atoms with E-state index < -0.39 is 11.2 Å². The molecule has 6 heteroatoms. The molecular formula is C11H15N3O3. The molecule has 1 aromatic rings. The molecule has 0 spiro atoms. The maximum absolute atomic E-state index is 10.8. The number of hydrazine groups is 1. The lowest BCUT2D eigenvalue weighted by Gasteiger charge is -2.32. The molecule has 1 heterocycles. The van der Waals surface area contributed by atoms with Crippen molar-refractivity contribution in [3.05, 3.63) is 34.4 Å². The second-order valence-corrected chi connectivity index (χ2v) is 4.06. The second-order valence-electron chi connectivity index (χ2n) is 4.06. The summed E-state index contributed by atoms with van der Waals surface area (Å²) in [7, 11) is 0. The highest BCUT2D eigenvalue weighted by molar-refractivity contribution is 5.60. The zero-order chi connectivity index (χ0) is 12.3. The lowest BCUT2D eigenvalue weighted by Crippen LogP contribution is -2.43. The molecule has 0 aliphatic carbocycles. The van der Waals surface area contributed by atoms with Gasteiger partial charge in [-0.3, -0.25) is 10.1 Å². The summed E-state index contributed by atoms with van der Waals surface area (Å²) in [6.07, 6.45) is 2.07. The summed E-state index contributed by atoms with van der Waals surface area (Å²) in [5, 5.41) is 22.2. The number of para-hydroxylation sites is 2. The Bertz CT molecular complexity index is 411. The molecule has 1 aromatic carbocycles. The molecular weight excluding hydrogens is 222 g/mol. The van der Waals surface area contributed by atoms with Crippen LogP contribution < -0.4 is 5.43 Å². The number of piperidine rings is 1. The molecule has 1 aliphatic heterocycles. The summed E-state index contributed by atoms with van der Waals surface area (Å²) in [6, 6.07) is 6.43. The van der Waals surface area contributed by atoms with Crippen molar-refractivity contribution in [2.45, 2.75) is 25.5 Å². The number of nitrogens with zero attached hydrogens (tertiary/aromatic N) is 2. The molecule has 2 N–H and O–H groups in total. The lowest BCUT2D eigenvalue weighted by molar-refractivity contribution is -0.384. The zero-order valence-electron chi connectivity index (χ0n) is 9.37. The molecule has 2 rings (SSSR count). The lowest BCUT2D eigenvalue weighted by atomic mass is 10.1. The largest absolute Gasteiger partial charge is 0.377 e. The first-order valence-corrected chi connectivity index (χ1v) is 5.63. The van der Waals surface area contributed by atoms with Crippen LogP contribution in [0.4, 0.5) is 11.4 Å². The van der Waals surface area contributed by atoms with Crippen molar-refractivity contribution in [1.82, 2.24) is 5.01 Å². The molecule has 1 unspecified atom stereocenters. The summed E-state index contributed by atoms with van der Waals surface area (Å²) >= 11 is 0. The number of rotatable bonds is 3. The van der Waals surface area contributed by atoms with Gasteiger partial charge in [0.05, 0.1) is 4.92 Å². The number of aliphatic hydroxyl groups is 1. The smallest absolute Gasteiger partial charge is 0.293 e. The first-order chi connectivity index (χ1) is 8.18. The standard InChI is InChI=1S/C11H15N3O3/c15-11-7-3-4-8-13(11)12-9-5-1-2-6-10(9)14(16)17/h1-2,5-6,11-12,15H,3-4,7-8H2. The fourth-order valence-corrected chi connectivity index (χ4v) is 1.93. The first-order valence-electron chi connectivity index (χ1n) is 5.63. The minimum atomic E-state index is -0.580. The molecule has 1 fully saturated rings. The van der Waals surface area contributed by atoms with Crippen molar-refractivity contribution < 1.29 is 10.0 Å². The molecule has 6 nitrogen and oxygen atoms in total. The molecule has 0 aromatic heterocycles. The Balaban J connectivity index is 2.14. The van der Waals surface area contributed by atoms with Crippen LogP contribution in [0, 0.1) is 10.1 Å². The van der Waals surface area contributed by atoms with Gasteiger partial charge in [-0.15, -0.1) is 0 Å². The van der Waals surface area contributed by atoms with E-state index in [0.29, 0.717) is 18.7 Å². The van der Waals surface area contributed by atoms with E-state index in [4.69, 9.17) is 0 Å². The van der Waals surface area contributed by atoms with Gasteiger partial charge in [-0.2, -0.15) is 5.01 Å². The van der Waals surface area contributed by atoms with E-state index in [2.05, 4.69) is 5.43 Å². The van der Waals surface area contributed by atoms with Gasteiger partial charge in [0.1, 0.15) is 11.9 Å². The first kappa shape index (κ1) is 11.8. The number of anilines is 1. The predicted molar refractivity (Wildman–Crippen MR) is 63.3 cm³/mol. The Morgan fingerprint density at radius 2 is 2.18 bits per heavy atom. The molecule has 0 radical (unpaired) electrons. The van der Waals surface area contributed by atoms with E-state index in [1.54, 1.807) is 23.2 Å². The van der Waals surface area contributed by atoms with Crippen molar-refractivity contribution in [3.63, 3.8) is 0 Å². The van der Waals surface area contributed by atoms with Gasteiger partial charge in [0.25, 0.3) is 5.69 Å². The summed E-state index contributed by atoms with van der Waals surface area (Å²) in [4.78, 5) is 10.4. The van der Waals surface area contributed by atoms with Crippen LogP contribution in [0.5, 0.6) is 0 Å². The van der Waals surface area contributed by atoms with Crippen LogP contribution in [-0.4, -0.2) is 27.8 Å². The monoisotopic (exact) mass is 237 g/mol. The normalized spacial score (nSPS) is 21.1. The fourth-order valence-electron chi connectivity index (χ4n) is 1.93. The van der Waals surface area contributed by atoms with Gasteiger partial charge in [-0.1, -0.05) is 12.1 Å². The highest BCUT2D eigenvalue weighted by Gasteiger charge is 2.22. The van der Waals surface area contributed by atoms with Gasteiger partial charge in [-0.05, 0) is 25.3 Å². The number of hydrogen-bond donors (Lipinski definition) is 2. The van der Waals surface area contributed by atoms with Crippen LogP contribution in [0.2, 0.25) is 0 Å². The third-order valence-corrected chi connectivity index (χ3v) is 2.84. The van der Waals surface area contributed by atoms with Crippen molar-refractivity contribution in [1.29, 1.82) is 0 Å². The van der Waals surface area contributed by atoms with Crippen LogP contribution in [0.15, 0.2) is 24.3 Å². The summed E-state index contributed by atoms with van der Waals surface area (Å²) in [6.45, 7) is 0.688. The van der Waals surface area contributed by atoms with Crippen LogP contribution in [-0.2, 0) is 0 Å². The van der Waals surface area contributed by atoms with E-state index in [-0.39, 0.29) is 5.69 Å². The van der Waals surface area contributed by atoms with Crippen molar-refractivity contribution in [2.24, 2.45) is 0 Å². The Labute approximate surface area is 99.0 Å². The topological polar surface area (TPSA) is 78.6 Å². The maximum Gasteiger partial charge on any atom is 0.293 e. The van der Waals surface area contributed by atoms with Crippen LogP contribution in [0.25, 0.3) is 0 Å². The minimum absolute atomic E-state index is 0.0188. The molecule has 1 saturated heterocycles. The SMILES string of the molecule is O=[N+]([O-])c1ccccc1NN1CCCCC1O. The highest BCUT2D eigenvalue weighted by atomic mass is 16.6. The van der Waals surface area contributed by atoms with Gasteiger partial charge in [0, 0.05) is 12.6 Å². The summed E-state index contributed by atoms with van der Waals surface area (Å²) in [5.41, 5.74) is 3.36. The third-order valence-electron chi connectivity index (χ3n) is 2.84. The van der Waals surface area contributed by atoms with E-state index in [0.717, 1.165) is 12.8 Å². The molecule has 0 saturated carbocycles. The average molecular weight is 237 g/mol. The third kappa shape index (κ3) is 2.72. The number of benzene rings is 1. The summed E-state index contributed by atoms with van der Waals surface area (Å²) in [5.74, 6) is 0. The van der Waals surface area contributed by atoms with Crippen molar-refractivity contribution >= 4 is 11.4 Å². The Hall–Kier alpha value is -1.66.